The van der Waals surface area contributed by atoms with Gasteiger partial charge in [-0.25, -0.2) is 0 Å². The van der Waals surface area contributed by atoms with E-state index in [0.29, 0.717) is 0 Å². The summed E-state index contributed by atoms with van der Waals surface area (Å²) in [7, 11) is 0. The van der Waals surface area contributed by atoms with Crippen LogP contribution in [-0.2, 0) is 4.79 Å². The third kappa shape index (κ3) is 3.03. The fourth-order valence-corrected chi connectivity index (χ4v) is 2.26. The Labute approximate surface area is 96.5 Å². The molecule has 0 aromatic rings. The molecule has 0 saturated carbocycles. The number of hydrogen-bond acceptors (Lipinski definition) is 3. The molecular formula is C13H20O3. The molecule has 3 nitrogen and oxygen atoms in total. The van der Waals surface area contributed by atoms with E-state index in [1.807, 2.05) is 0 Å². The van der Waals surface area contributed by atoms with E-state index in [0.717, 1.165) is 12.8 Å². The second-order valence-electron chi connectivity index (χ2n) is 5.09. The molecular weight excluding hydrogens is 204 g/mol. The molecule has 0 spiro atoms. The third-order valence-corrected chi connectivity index (χ3v) is 3.29. The van der Waals surface area contributed by atoms with Crippen LogP contribution >= 0.6 is 0 Å². The number of rotatable bonds is 3. The zero-order chi connectivity index (χ0) is 12.3. The van der Waals surface area contributed by atoms with Crippen molar-refractivity contribution in [3.63, 3.8) is 0 Å². The maximum Gasteiger partial charge on any atom is 0.216 e. The number of carbonyl (C=O) groups is 1. The largest absolute Gasteiger partial charge is 0.362 e. The second kappa shape index (κ2) is 4.93. The highest BCUT2D eigenvalue weighted by Gasteiger charge is 2.30. The first-order valence-electron chi connectivity index (χ1n) is 5.59. The minimum Gasteiger partial charge on any atom is -0.362 e. The van der Waals surface area contributed by atoms with Gasteiger partial charge in [0.05, 0.1) is 0 Å². The summed E-state index contributed by atoms with van der Waals surface area (Å²) >= 11 is 0. The highest BCUT2D eigenvalue weighted by molar-refractivity contribution is 5.92. The molecule has 1 aliphatic carbocycles. The maximum atomic E-state index is 11.1. The van der Waals surface area contributed by atoms with Gasteiger partial charge in [0.25, 0.3) is 0 Å². The number of aliphatic hydroxyl groups is 2. The molecule has 90 valence electrons. The van der Waals surface area contributed by atoms with Crippen LogP contribution in [0.25, 0.3) is 0 Å². The monoisotopic (exact) mass is 224 g/mol. The highest BCUT2D eigenvalue weighted by atomic mass is 16.5. The van der Waals surface area contributed by atoms with Gasteiger partial charge in [-0.2, -0.15) is 0 Å². The second-order valence-corrected chi connectivity index (χ2v) is 5.09. The zero-order valence-electron chi connectivity index (χ0n) is 10.1. The van der Waals surface area contributed by atoms with Gasteiger partial charge < -0.3 is 10.2 Å². The van der Waals surface area contributed by atoms with Gasteiger partial charge in [0.1, 0.15) is 0 Å². The van der Waals surface area contributed by atoms with Crippen molar-refractivity contribution >= 4 is 5.78 Å². The first-order valence-corrected chi connectivity index (χ1v) is 5.59. The standard InChI is InChI=1S/C13H20O3/c1-9-5-4-8-13(2,3)10(9)6-7-11(14)12(15)16/h5-7,10,12,15-16H,4,8H2,1-3H3/b7-6+. The number of carbonyl (C=O) groups excluding carboxylic acids is 1. The number of hydrogen-bond donors (Lipinski definition) is 2. The molecule has 1 atom stereocenters. The molecule has 2 N–H and O–H groups in total. The van der Waals surface area contributed by atoms with Crippen LogP contribution in [-0.4, -0.2) is 22.3 Å². The minimum atomic E-state index is -1.90. The van der Waals surface area contributed by atoms with Crippen molar-refractivity contribution < 1.29 is 15.0 Å². The Hall–Kier alpha value is -0.930. The van der Waals surface area contributed by atoms with Crippen LogP contribution in [0.1, 0.15) is 33.6 Å². The molecule has 0 amide bonds. The van der Waals surface area contributed by atoms with Crippen molar-refractivity contribution in [2.45, 2.75) is 39.9 Å². The average Bonchev–Trinajstić information content (AvgIpc) is 2.15. The lowest BCUT2D eigenvalue weighted by Gasteiger charge is -2.36. The van der Waals surface area contributed by atoms with E-state index in [9.17, 15) is 4.79 Å². The van der Waals surface area contributed by atoms with E-state index < -0.39 is 12.1 Å². The molecule has 0 fully saturated rings. The molecule has 16 heavy (non-hydrogen) atoms. The van der Waals surface area contributed by atoms with Crippen LogP contribution < -0.4 is 0 Å². The fourth-order valence-electron chi connectivity index (χ4n) is 2.26. The van der Waals surface area contributed by atoms with Crippen molar-refractivity contribution in [3.05, 3.63) is 23.8 Å². The Morgan fingerprint density at radius 3 is 2.69 bits per heavy atom. The Morgan fingerprint density at radius 1 is 1.56 bits per heavy atom. The summed E-state index contributed by atoms with van der Waals surface area (Å²) in [6.45, 7) is 6.38. The number of ketones is 1. The maximum absolute atomic E-state index is 11.1. The van der Waals surface area contributed by atoms with Crippen LogP contribution in [0.5, 0.6) is 0 Å². The quantitative estimate of drug-likeness (QED) is 0.436. The fraction of sp³-hybridized carbons (Fsp3) is 0.615. The van der Waals surface area contributed by atoms with E-state index in [1.165, 1.54) is 11.6 Å². The van der Waals surface area contributed by atoms with Crippen LogP contribution in [0.15, 0.2) is 23.8 Å². The van der Waals surface area contributed by atoms with E-state index >= 15 is 0 Å². The lowest BCUT2D eigenvalue weighted by molar-refractivity contribution is -0.139. The van der Waals surface area contributed by atoms with E-state index in [1.54, 1.807) is 6.08 Å². The first-order chi connectivity index (χ1) is 7.34. The number of allylic oxidation sites excluding steroid dienone is 3. The molecule has 0 heterocycles. The summed E-state index contributed by atoms with van der Waals surface area (Å²) in [5, 5.41) is 17.4. The summed E-state index contributed by atoms with van der Waals surface area (Å²) in [6, 6.07) is 0. The molecule has 1 aliphatic rings. The lowest BCUT2D eigenvalue weighted by Crippen LogP contribution is -2.27. The average molecular weight is 224 g/mol. The molecule has 0 aliphatic heterocycles. The minimum absolute atomic E-state index is 0.121. The molecule has 0 saturated heterocycles. The van der Waals surface area contributed by atoms with Crippen LogP contribution in [0.2, 0.25) is 0 Å². The van der Waals surface area contributed by atoms with Gasteiger partial charge in [0, 0.05) is 5.92 Å². The van der Waals surface area contributed by atoms with Crippen molar-refractivity contribution in [2.24, 2.45) is 11.3 Å². The molecule has 0 bridgehead atoms. The Bertz CT molecular complexity index is 324. The van der Waals surface area contributed by atoms with Crippen LogP contribution in [0.4, 0.5) is 0 Å². The van der Waals surface area contributed by atoms with Gasteiger partial charge in [-0.05, 0) is 31.3 Å². The van der Waals surface area contributed by atoms with Crippen LogP contribution in [0, 0.1) is 11.3 Å². The highest BCUT2D eigenvalue weighted by Crippen LogP contribution is 2.41. The molecule has 0 aromatic heterocycles. The normalized spacial score (nSPS) is 24.9. The first kappa shape index (κ1) is 13.1. The van der Waals surface area contributed by atoms with Gasteiger partial charge in [0.2, 0.25) is 12.1 Å². The predicted octanol–water partition coefficient (Wildman–Crippen LogP) is 1.80. The SMILES string of the molecule is CC1=CCCC(C)(C)C1/C=C/C(=O)C(O)O. The molecule has 0 aromatic carbocycles. The van der Waals surface area contributed by atoms with Gasteiger partial charge in [-0.3, -0.25) is 4.79 Å². The van der Waals surface area contributed by atoms with E-state index in [4.69, 9.17) is 10.2 Å². The summed E-state index contributed by atoms with van der Waals surface area (Å²) < 4.78 is 0. The van der Waals surface area contributed by atoms with Gasteiger partial charge >= 0.3 is 0 Å². The zero-order valence-corrected chi connectivity index (χ0v) is 10.1. The Kier molecular flexibility index (Phi) is 4.05. The van der Waals surface area contributed by atoms with Gasteiger partial charge in [-0.1, -0.05) is 31.6 Å². The summed E-state index contributed by atoms with van der Waals surface area (Å²) in [5.41, 5.74) is 1.36. The summed E-state index contributed by atoms with van der Waals surface area (Å²) in [4.78, 5) is 11.1. The predicted molar refractivity (Wildman–Crippen MR) is 62.6 cm³/mol. The molecule has 1 unspecified atom stereocenters. The molecule has 0 radical (unpaired) electrons. The topological polar surface area (TPSA) is 57.5 Å². The molecule has 3 heteroatoms. The number of aliphatic hydroxyl groups excluding tert-OH is 1. The lowest BCUT2D eigenvalue weighted by atomic mass is 9.68. The van der Waals surface area contributed by atoms with Crippen molar-refractivity contribution in [2.75, 3.05) is 0 Å². The molecule has 1 rings (SSSR count). The third-order valence-electron chi connectivity index (χ3n) is 3.29. The van der Waals surface area contributed by atoms with Crippen molar-refractivity contribution in [3.8, 4) is 0 Å². The summed E-state index contributed by atoms with van der Waals surface area (Å²) in [6.07, 6.45) is 5.49. The van der Waals surface area contributed by atoms with Crippen LogP contribution in [0.3, 0.4) is 0 Å². The van der Waals surface area contributed by atoms with Gasteiger partial charge in [0.15, 0.2) is 0 Å². The Morgan fingerprint density at radius 2 is 2.19 bits per heavy atom. The van der Waals surface area contributed by atoms with E-state index in [-0.39, 0.29) is 11.3 Å². The van der Waals surface area contributed by atoms with E-state index in [2.05, 4.69) is 26.8 Å². The van der Waals surface area contributed by atoms with Crippen molar-refractivity contribution in [1.82, 2.24) is 0 Å². The van der Waals surface area contributed by atoms with Gasteiger partial charge in [-0.15, -0.1) is 0 Å². The smallest absolute Gasteiger partial charge is 0.216 e. The summed E-state index contributed by atoms with van der Waals surface area (Å²) in [5.74, 6) is -0.460. The van der Waals surface area contributed by atoms with Crippen molar-refractivity contribution in [1.29, 1.82) is 0 Å². The Balaban J connectivity index is 2.81.